The molecule has 0 saturated heterocycles. The van der Waals surface area contributed by atoms with Crippen LogP contribution in [0.4, 0.5) is 10.3 Å². The van der Waals surface area contributed by atoms with Gasteiger partial charge in [0.05, 0.1) is 22.3 Å². The smallest absolute Gasteiger partial charge is 0.231 e. The summed E-state index contributed by atoms with van der Waals surface area (Å²) < 4.78 is 36.7. The molecule has 3 rings (SSSR count). The summed E-state index contributed by atoms with van der Waals surface area (Å²) in [7, 11) is -3.42. The minimum Gasteiger partial charge on any atom is -0.324 e. The monoisotopic (exact) mass is 347 g/mol. The summed E-state index contributed by atoms with van der Waals surface area (Å²) in [5.41, 5.74) is 1.38. The van der Waals surface area contributed by atoms with Crippen LogP contribution in [0.5, 0.6) is 0 Å². The zero-order chi connectivity index (χ0) is 17.3. The molecular weight excluding hydrogens is 333 g/mol. The van der Waals surface area contributed by atoms with Crippen molar-refractivity contribution in [3.05, 3.63) is 53.8 Å². The SMILES string of the molecule is CS(=O)(=O)c1ccccc1CC(=O)Nc1nc2ccc(F)cc2[nH]1. The first-order chi connectivity index (χ1) is 11.3. The summed E-state index contributed by atoms with van der Waals surface area (Å²) in [6, 6.07) is 10.4. The number of hydrogen-bond acceptors (Lipinski definition) is 4. The largest absolute Gasteiger partial charge is 0.324 e. The Labute approximate surface area is 137 Å². The summed E-state index contributed by atoms with van der Waals surface area (Å²) in [4.78, 5) is 19.2. The number of halogens is 1. The van der Waals surface area contributed by atoms with E-state index >= 15 is 0 Å². The zero-order valence-electron chi connectivity index (χ0n) is 12.7. The lowest BCUT2D eigenvalue weighted by atomic mass is 10.1. The van der Waals surface area contributed by atoms with Gasteiger partial charge in [-0.05, 0) is 29.8 Å². The number of rotatable bonds is 4. The van der Waals surface area contributed by atoms with E-state index in [0.29, 0.717) is 16.6 Å². The first-order valence-corrected chi connectivity index (χ1v) is 8.95. The van der Waals surface area contributed by atoms with Gasteiger partial charge in [0.25, 0.3) is 0 Å². The number of carbonyl (C=O) groups excluding carboxylic acids is 1. The third-order valence-electron chi connectivity index (χ3n) is 3.42. The van der Waals surface area contributed by atoms with Crippen LogP contribution in [0.2, 0.25) is 0 Å². The minimum absolute atomic E-state index is 0.116. The highest BCUT2D eigenvalue weighted by Crippen LogP contribution is 2.18. The molecule has 0 aliphatic heterocycles. The number of nitrogens with zero attached hydrogens (tertiary/aromatic N) is 1. The summed E-state index contributed by atoms with van der Waals surface area (Å²) >= 11 is 0. The summed E-state index contributed by atoms with van der Waals surface area (Å²) in [6.45, 7) is 0. The van der Waals surface area contributed by atoms with E-state index in [1.807, 2.05) is 0 Å². The maximum atomic E-state index is 13.2. The summed E-state index contributed by atoms with van der Waals surface area (Å²) in [6.07, 6.45) is 0.978. The number of hydrogen-bond donors (Lipinski definition) is 2. The third-order valence-corrected chi connectivity index (χ3v) is 4.62. The number of nitrogens with one attached hydrogen (secondary N) is 2. The Bertz CT molecular complexity index is 1030. The van der Waals surface area contributed by atoms with Crippen LogP contribution in [0.15, 0.2) is 47.4 Å². The van der Waals surface area contributed by atoms with Gasteiger partial charge in [-0.15, -0.1) is 0 Å². The van der Waals surface area contributed by atoms with Crippen LogP contribution in [0.3, 0.4) is 0 Å². The van der Waals surface area contributed by atoms with Gasteiger partial charge in [-0.2, -0.15) is 0 Å². The number of fused-ring (bicyclic) bond motifs is 1. The lowest BCUT2D eigenvalue weighted by Gasteiger charge is -2.07. The average molecular weight is 347 g/mol. The van der Waals surface area contributed by atoms with Crippen LogP contribution in [-0.4, -0.2) is 30.5 Å². The molecule has 0 unspecified atom stereocenters. The maximum Gasteiger partial charge on any atom is 0.231 e. The van der Waals surface area contributed by atoms with Crippen molar-refractivity contribution < 1.29 is 17.6 Å². The van der Waals surface area contributed by atoms with Crippen molar-refractivity contribution in [2.45, 2.75) is 11.3 Å². The molecule has 0 radical (unpaired) electrons. The first kappa shape index (κ1) is 16.1. The van der Waals surface area contributed by atoms with Gasteiger partial charge < -0.3 is 4.98 Å². The highest BCUT2D eigenvalue weighted by atomic mass is 32.2. The zero-order valence-corrected chi connectivity index (χ0v) is 13.5. The molecule has 124 valence electrons. The van der Waals surface area contributed by atoms with E-state index < -0.39 is 21.6 Å². The number of aromatic amines is 1. The molecule has 0 fully saturated rings. The van der Waals surface area contributed by atoms with Gasteiger partial charge in [0.2, 0.25) is 11.9 Å². The second kappa shape index (κ2) is 6.04. The van der Waals surface area contributed by atoms with Gasteiger partial charge in [0.15, 0.2) is 9.84 Å². The number of sulfone groups is 1. The molecule has 0 aliphatic carbocycles. The predicted octanol–water partition coefficient (Wildman–Crippen LogP) is 2.29. The number of benzene rings is 2. The van der Waals surface area contributed by atoms with E-state index in [1.54, 1.807) is 18.2 Å². The van der Waals surface area contributed by atoms with Crippen LogP contribution in [0.1, 0.15) is 5.56 Å². The van der Waals surface area contributed by atoms with E-state index in [1.165, 1.54) is 24.3 Å². The van der Waals surface area contributed by atoms with E-state index in [0.717, 1.165) is 6.26 Å². The van der Waals surface area contributed by atoms with Crippen molar-refractivity contribution in [1.29, 1.82) is 0 Å². The number of aromatic nitrogens is 2. The molecule has 0 aliphatic rings. The molecule has 1 aromatic heterocycles. The quantitative estimate of drug-likeness (QED) is 0.757. The Morgan fingerprint density at radius 1 is 1.25 bits per heavy atom. The van der Waals surface area contributed by atoms with Crippen molar-refractivity contribution in [3.8, 4) is 0 Å². The summed E-state index contributed by atoms with van der Waals surface area (Å²) in [5, 5.41) is 2.56. The number of anilines is 1. The highest BCUT2D eigenvalue weighted by molar-refractivity contribution is 7.90. The van der Waals surface area contributed by atoms with Gasteiger partial charge in [-0.25, -0.2) is 17.8 Å². The van der Waals surface area contributed by atoms with Crippen LogP contribution >= 0.6 is 0 Å². The van der Waals surface area contributed by atoms with Crippen LogP contribution in [-0.2, 0) is 21.1 Å². The molecule has 1 heterocycles. The Morgan fingerprint density at radius 2 is 2.00 bits per heavy atom. The molecule has 0 bridgehead atoms. The van der Waals surface area contributed by atoms with Gasteiger partial charge in [0.1, 0.15) is 5.82 Å². The standard InChI is InChI=1S/C16H14FN3O3S/c1-24(22,23)14-5-3-2-4-10(14)8-15(21)20-16-18-12-7-6-11(17)9-13(12)19-16/h2-7,9H,8H2,1H3,(H2,18,19,20,21). The van der Waals surface area contributed by atoms with Gasteiger partial charge in [-0.3, -0.25) is 10.1 Å². The molecule has 3 aromatic rings. The molecule has 0 atom stereocenters. The number of imidazole rings is 1. The van der Waals surface area contributed by atoms with Crippen molar-refractivity contribution in [3.63, 3.8) is 0 Å². The Kier molecular flexibility index (Phi) is 4.06. The van der Waals surface area contributed by atoms with E-state index in [2.05, 4.69) is 15.3 Å². The lowest BCUT2D eigenvalue weighted by molar-refractivity contribution is -0.115. The molecule has 0 saturated carbocycles. The lowest BCUT2D eigenvalue weighted by Crippen LogP contribution is -2.17. The molecule has 8 heteroatoms. The molecular formula is C16H14FN3O3S. The van der Waals surface area contributed by atoms with Crippen LogP contribution in [0.25, 0.3) is 11.0 Å². The average Bonchev–Trinajstić information content (AvgIpc) is 2.87. The Hall–Kier alpha value is -2.74. The van der Waals surface area contributed by atoms with Gasteiger partial charge in [0, 0.05) is 6.26 Å². The van der Waals surface area contributed by atoms with Crippen molar-refractivity contribution >= 4 is 32.7 Å². The van der Waals surface area contributed by atoms with Gasteiger partial charge in [-0.1, -0.05) is 18.2 Å². The number of amides is 1. The van der Waals surface area contributed by atoms with E-state index in [-0.39, 0.29) is 17.3 Å². The summed E-state index contributed by atoms with van der Waals surface area (Å²) in [5.74, 6) is -0.658. The third kappa shape index (κ3) is 3.43. The van der Waals surface area contributed by atoms with E-state index in [9.17, 15) is 17.6 Å². The highest BCUT2D eigenvalue weighted by Gasteiger charge is 2.16. The number of H-pyrrole nitrogens is 1. The molecule has 0 spiro atoms. The Balaban J connectivity index is 1.81. The fraction of sp³-hybridized carbons (Fsp3) is 0.125. The molecule has 24 heavy (non-hydrogen) atoms. The van der Waals surface area contributed by atoms with E-state index in [4.69, 9.17) is 0 Å². The molecule has 2 aromatic carbocycles. The predicted molar refractivity (Wildman–Crippen MR) is 87.9 cm³/mol. The van der Waals surface area contributed by atoms with Crippen LogP contribution < -0.4 is 5.32 Å². The molecule has 2 N–H and O–H groups in total. The normalized spacial score (nSPS) is 11.6. The van der Waals surface area contributed by atoms with Crippen molar-refractivity contribution in [2.75, 3.05) is 11.6 Å². The minimum atomic E-state index is -3.42. The Morgan fingerprint density at radius 3 is 2.75 bits per heavy atom. The first-order valence-electron chi connectivity index (χ1n) is 7.06. The van der Waals surface area contributed by atoms with Crippen molar-refractivity contribution in [1.82, 2.24) is 9.97 Å². The maximum absolute atomic E-state index is 13.2. The van der Waals surface area contributed by atoms with Gasteiger partial charge >= 0.3 is 0 Å². The second-order valence-corrected chi connectivity index (χ2v) is 7.34. The molecule has 6 nitrogen and oxygen atoms in total. The second-order valence-electron chi connectivity index (χ2n) is 5.35. The fourth-order valence-corrected chi connectivity index (χ4v) is 3.34. The molecule has 1 amide bonds. The fourth-order valence-electron chi connectivity index (χ4n) is 2.40. The van der Waals surface area contributed by atoms with Crippen molar-refractivity contribution in [2.24, 2.45) is 0 Å². The number of carbonyl (C=O) groups is 1. The van der Waals surface area contributed by atoms with Crippen LogP contribution in [0, 0.1) is 5.82 Å². The topological polar surface area (TPSA) is 91.9 Å².